The molecule has 1 N–H and O–H groups in total. The number of unbranched alkanes of at least 4 members (excludes halogenated alkanes) is 6. The molecule has 4 nitrogen and oxygen atoms in total. The van der Waals surface area contributed by atoms with Gasteiger partial charge in [-0.2, -0.15) is 5.10 Å². The van der Waals surface area contributed by atoms with E-state index in [-0.39, 0.29) is 0 Å². The second kappa shape index (κ2) is 11.0. The van der Waals surface area contributed by atoms with E-state index < -0.39 is 6.10 Å². The van der Waals surface area contributed by atoms with Gasteiger partial charge in [0.05, 0.1) is 36.2 Å². The van der Waals surface area contributed by atoms with Gasteiger partial charge in [0, 0.05) is 7.11 Å². The lowest BCUT2D eigenvalue weighted by molar-refractivity contribution is 0.143. The van der Waals surface area contributed by atoms with Crippen LogP contribution < -0.4 is 0 Å². The molecule has 0 radical (unpaired) electrons. The smallest absolute Gasteiger partial charge is 0.0971 e. The Balaban J connectivity index is 2.31. The predicted molar refractivity (Wildman–Crippen MR) is 86.7 cm³/mol. The van der Waals surface area contributed by atoms with Gasteiger partial charge in [-0.15, -0.1) is 0 Å². The van der Waals surface area contributed by atoms with Gasteiger partial charge in [-0.05, 0) is 6.42 Å². The molecule has 1 rings (SSSR count). The van der Waals surface area contributed by atoms with Crippen molar-refractivity contribution >= 4 is 11.6 Å². The summed E-state index contributed by atoms with van der Waals surface area (Å²) in [6.45, 7) is 3.41. The van der Waals surface area contributed by atoms with Gasteiger partial charge in [-0.3, -0.25) is 4.68 Å². The largest absolute Gasteiger partial charge is 0.387 e. The number of hydrogen-bond donors (Lipinski definition) is 1. The summed E-state index contributed by atoms with van der Waals surface area (Å²) in [5.74, 6) is 0. The maximum Gasteiger partial charge on any atom is 0.0971 e. The molecule has 5 heteroatoms. The van der Waals surface area contributed by atoms with Gasteiger partial charge in [0.25, 0.3) is 0 Å². The SMILES string of the molecule is CCCCCCCCCC(O)c1c(Cl)cnn1CCOC. The minimum absolute atomic E-state index is 0.535. The highest BCUT2D eigenvalue weighted by molar-refractivity contribution is 6.31. The van der Waals surface area contributed by atoms with E-state index in [1.54, 1.807) is 18.0 Å². The van der Waals surface area contributed by atoms with Gasteiger partial charge >= 0.3 is 0 Å². The molecule has 0 amide bonds. The predicted octanol–water partition coefficient (Wildman–Crippen LogP) is 4.36. The summed E-state index contributed by atoms with van der Waals surface area (Å²) in [7, 11) is 1.65. The Labute approximate surface area is 133 Å². The number of nitrogens with zero attached hydrogens (tertiary/aromatic N) is 2. The Hall–Kier alpha value is -0.580. The van der Waals surface area contributed by atoms with E-state index in [4.69, 9.17) is 16.3 Å². The number of aliphatic hydroxyl groups excluding tert-OH is 1. The summed E-state index contributed by atoms with van der Waals surface area (Å²) in [4.78, 5) is 0. The van der Waals surface area contributed by atoms with Crippen LogP contribution >= 0.6 is 11.6 Å². The van der Waals surface area contributed by atoms with Gasteiger partial charge in [-0.25, -0.2) is 0 Å². The van der Waals surface area contributed by atoms with Gasteiger partial charge in [0.15, 0.2) is 0 Å². The second-order valence-corrected chi connectivity index (χ2v) is 5.93. The number of ether oxygens (including phenoxy) is 1. The Morgan fingerprint density at radius 2 is 1.90 bits per heavy atom. The first-order chi connectivity index (χ1) is 10.2. The number of methoxy groups -OCH3 is 1. The average Bonchev–Trinajstić information content (AvgIpc) is 2.85. The van der Waals surface area contributed by atoms with E-state index in [0.717, 1.165) is 18.5 Å². The molecule has 0 aliphatic carbocycles. The lowest BCUT2D eigenvalue weighted by Crippen LogP contribution is -2.13. The molecule has 0 saturated carbocycles. The van der Waals surface area contributed by atoms with Crippen molar-refractivity contribution in [1.82, 2.24) is 9.78 Å². The van der Waals surface area contributed by atoms with Crippen LogP contribution in [0.5, 0.6) is 0 Å². The van der Waals surface area contributed by atoms with Crippen LogP contribution in [0.2, 0.25) is 5.02 Å². The molecule has 1 atom stereocenters. The first-order valence-electron chi connectivity index (χ1n) is 8.08. The maximum atomic E-state index is 10.3. The van der Waals surface area contributed by atoms with Crippen molar-refractivity contribution in [2.45, 2.75) is 70.9 Å². The van der Waals surface area contributed by atoms with Crippen LogP contribution in [0.3, 0.4) is 0 Å². The molecule has 0 bridgehead atoms. The molecule has 0 saturated heterocycles. The highest BCUT2D eigenvalue weighted by Crippen LogP contribution is 2.26. The summed E-state index contributed by atoms with van der Waals surface area (Å²) >= 11 is 6.13. The number of hydrogen-bond acceptors (Lipinski definition) is 3. The molecule has 0 spiro atoms. The van der Waals surface area contributed by atoms with E-state index in [9.17, 15) is 5.11 Å². The van der Waals surface area contributed by atoms with E-state index >= 15 is 0 Å². The van der Waals surface area contributed by atoms with Crippen LogP contribution in [0, 0.1) is 0 Å². The fourth-order valence-electron chi connectivity index (χ4n) is 2.49. The molecule has 0 fully saturated rings. The van der Waals surface area contributed by atoms with Gasteiger partial charge in [-0.1, -0.05) is 63.5 Å². The zero-order chi connectivity index (χ0) is 15.5. The average molecular weight is 317 g/mol. The summed E-state index contributed by atoms with van der Waals surface area (Å²) < 4.78 is 6.80. The van der Waals surface area contributed by atoms with Gasteiger partial charge < -0.3 is 9.84 Å². The van der Waals surface area contributed by atoms with Crippen LogP contribution in [0.25, 0.3) is 0 Å². The number of halogens is 1. The standard InChI is InChI=1S/C16H29ClN2O2/c1-3-4-5-6-7-8-9-10-15(20)16-14(17)13-18-19(16)11-12-21-2/h13,15,20H,3-12H2,1-2H3. The second-order valence-electron chi connectivity index (χ2n) is 5.52. The zero-order valence-corrected chi connectivity index (χ0v) is 14.1. The molecule has 1 unspecified atom stereocenters. The third kappa shape index (κ3) is 6.81. The van der Waals surface area contributed by atoms with Crippen molar-refractivity contribution in [2.24, 2.45) is 0 Å². The third-order valence-electron chi connectivity index (χ3n) is 3.74. The van der Waals surface area contributed by atoms with Crippen molar-refractivity contribution in [1.29, 1.82) is 0 Å². The lowest BCUT2D eigenvalue weighted by Gasteiger charge is -2.14. The maximum absolute atomic E-state index is 10.3. The molecule has 1 aromatic heterocycles. The summed E-state index contributed by atoms with van der Waals surface area (Å²) in [5.41, 5.74) is 0.722. The summed E-state index contributed by atoms with van der Waals surface area (Å²) in [6.07, 6.45) is 10.5. The quantitative estimate of drug-likeness (QED) is 0.583. The van der Waals surface area contributed by atoms with Crippen LogP contribution in [0.4, 0.5) is 0 Å². The Morgan fingerprint density at radius 1 is 1.24 bits per heavy atom. The molecule has 1 heterocycles. The molecular weight excluding hydrogens is 288 g/mol. The fourth-order valence-corrected chi connectivity index (χ4v) is 2.76. The van der Waals surface area contributed by atoms with Crippen molar-refractivity contribution in [3.8, 4) is 0 Å². The van der Waals surface area contributed by atoms with E-state index in [0.29, 0.717) is 18.2 Å². The molecular formula is C16H29ClN2O2. The molecule has 0 aliphatic rings. The number of aliphatic hydroxyl groups is 1. The highest BCUT2D eigenvalue weighted by Gasteiger charge is 2.17. The Morgan fingerprint density at radius 3 is 2.57 bits per heavy atom. The van der Waals surface area contributed by atoms with Crippen LogP contribution in [0.1, 0.15) is 70.1 Å². The third-order valence-corrected chi connectivity index (χ3v) is 4.03. The molecule has 0 aromatic carbocycles. The monoisotopic (exact) mass is 316 g/mol. The highest BCUT2D eigenvalue weighted by atomic mass is 35.5. The normalized spacial score (nSPS) is 12.8. The molecule has 1 aromatic rings. The van der Waals surface area contributed by atoms with Crippen molar-refractivity contribution < 1.29 is 9.84 Å². The zero-order valence-electron chi connectivity index (χ0n) is 13.4. The summed E-state index contributed by atoms with van der Waals surface area (Å²) in [6, 6.07) is 0. The van der Waals surface area contributed by atoms with Gasteiger partial charge in [0.2, 0.25) is 0 Å². The minimum atomic E-state index is -0.535. The topological polar surface area (TPSA) is 47.3 Å². The fraction of sp³-hybridized carbons (Fsp3) is 0.812. The Bertz CT molecular complexity index is 382. The van der Waals surface area contributed by atoms with Crippen LogP contribution in [-0.2, 0) is 11.3 Å². The Kier molecular flexibility index (Phi) is 9.72. The first-order valence-corrected chi connectivity index (χ1v) is 8.46. The van der Waals surface area contributed by atoms with Crippen LogP contribution in [0.15, 0.2) is 6.20 Å². The molecule has 122 valence electrons. The van der Waals surface area contributed by atoms with E-state index in [1.807, 2.05) is 0 Å². The molecule has 21 heavy (non-hydrogen) atoms. The van der Waals surface area contributed by atoms with Crippen molar-refractivity contribution in [2.75, 3.05) is 13.7 Å². The van der Waals surface area contributed by atoms with Crippen LogP contribution in [-0.4, -0.2) is 28.6 Å². The van der Waals surface area contributed by atoms with Crippen molar-refractivity contribution in [3.05, 3.63) is 16.9 Å². The molecule has 0 aliphatic heterocycles. The number of aromatic nitrogens is 2. The first kappa shape index (κ1) is 18.5. The minimum Gasteiger partial charge on any atom is -0.387 e. The van der Waals surface area contributed by atoms with E-state index in [1.165, 1.54) is 38.5 Å². The van der Waals surface area contributed by atoms with E-state index in [2.05, 4.69) is 12.0 Å². The van der Waals surface area contributed by atoms with Crippen molar-refractivity contribution in [3.63, 3.8) is 0 Å². The number of rotatable bonds is 12. The lowest BCUT2D eigenvalue weighted by atomic mass is 10.0. The summed E-state index contributed by atoms with van der Waals surface area (Å²) in [5, 5.41) is 15.1. The van der Waals surface area contributed by atoms with Gasteiger partial charge in [0.1, 0.15) is 0 Å².